The Morgan fingerprint density at radius 2 is 1.88 bits per heavy atom. The number of pyridine rings is 1. The van der Waals surface area contributed by atoms with Gasteiger partial charge in [0.05, 0.1) is 25.8 Å². The molecular weight excluding hydrogens is 469 g/mol. The maximum atomic E-state index is 13.5. The van der Waals surface area contributed by atoms with Gasteiger partial charge in [0.15, 0.2) is 22.3 Å². The Balaban J connectivity index is 2.10. The highest BCUT2D eigenvalue weighted by molar-refractivity contribution is 7.90. The molecule has 0 aliphatic carbocycles. The number of hydrogen-bond donors (Lipinski definition) is 0. The first kappa shape index (κ1) is 23.4. The van der Waals surface area contributed by atoms with Gasteiger partial charge < -0.3 is 14.2 Å². The molecule has 174 valence electrons. The van der Waals surface area contributed by atoms with Crippen LogP contribution < -0.4 is 14.2 Å². The molecule has 0 spiro atoms. The molecule has 10 nitrogen and oxygen atoms in total. The number of methoxy groups -OCH3 is 2. The zero-order valence-corrected chi connectivity index (χ0v) is 17.1. The van der Waals surface area contributed by atoms with E-state index in [1.807, 2.05) is 0 Å². The zero-order chi connectivity index (χ0) is 23.7. The number of hydrogen-bond acceptors (Lipinski definition) is 9. The Bertz CT molecular complexity index is 1230. The molecule has 16 heteroatoms. The number of nitrogens with zero attached hydrogens (tertiary/aromatic N) is 5. The summed E-state index contributed by atoms with van der Waals surface area (Å²) >= 11 is 0. The summed E-state index contributed by atoms with van der Waals surface area (Å²) in [6.45, 7) is -1.36. The number of fused-ring (bicyclic) bond motifs is 1. The monoisotopic (exact) mass is 483 g/mol. The predicted octanol–water partition coefficient (Wildman–Crippen LogP) is 2.17. The minimum atomic E-state index is -5.14. The molecule has 0 N–H and O–H groups in total. The minimum Gasteiger partial charge on any atom is -0.481 e. The second-order valence-electron chi connectivity index (χ2n) is 6.03. The summed E-state index contributed by atoms with van der Waals surface area (Å²) in [5.74, 6) is -2.72. The van der Waals surface area contributed by atoms with E-state index >= 15 is 0 Å². The lowest BCUT2D eigenvalue weighted by Gasteiger charge is -2.16. The summed E-state index contributed by atoms with van der Waals surface area (Å²) in [4.78, 5) is 9.81. The van der Waals surface area contributed by atoms with Crippen LogP contribution in [-0.2, 0) is 21.8 Å². The van der Waals surface area contributed by atoms with Crippen molar-refractivity contribution in [2.45, 2.75) is 23.3 Å². The van der Waals surface area contributed by atoms with Crippen molar-refractivity contribution in [3.8, 4) is 17.6 Å². The lowest BCUT2D eigenvalue weighted by atomic mass is 10.2. The summed E-state index contributed by atoms with van der Waals surface area (Å²) in [5.41, 5.74) is -1.63. The molecule has 3 heterocycles. The van der Waals surface area contributed by atoms with Crippen LogP contribution in [0.25, 0.3) is 5.78 Å². The lowest BCUT2D eigenvalue weighted by molar-refractivity contribution is -0.140. The van der Waals surface area contributed by atoms with E-state index < -0.39 is 57.0 Å². The van der Waals surface area contributed by atoms with Crippen molar-refractivity contribution in [3.05, 3.63) is 29.7 Å². The van der Waals surface area contributed by atoms with E-state index in [9.17, 15) is 30.4 Å². The molecule has 0 atom stereocenters. The van der Waals surface area contributed by atoms with Gasteiger partial charge in [-0.25, -0.2) is 22.2 Å². The Kier molecular flexibility index (Phi) is 6.34. The van der Waals surface area contributed by atoms with Crippen molar-refractivity contribution < 1.29 is 44.6 Å². The average Bonchev–Trinajstić information content (AvgIpc) is 3.11. The summed E-state index contributed by atoms with van der Waals surface area (Å²) in [6, 6.07) is 1.72. The highest BCUT2D eigenvalue weighted by Gasteiger charge is 2.40. The van der Waals surface area contributed by atoms with Gasteiger partial charge in [-0.1, -0.05) is 0 Å². The van der Waals surface area contributed by atoms with Crippen molar-refractivity contribution in [1.29, 1.82) is 0 Å². The van der Waals surface area contributed by atoms with Crippen LogP contribution in [0.3, 0.4) is 0 Å². The molecule has 0 saturated heterocycles. The minimum absolute atomic E-state index is 0.0568. The number of aromatic nitrogens is 5. The standard InChI is InChI=1S/C16H14F5N5O5S/c1-29-11-5-12(30-2)26-15(24-11)23-10(25-26)7-32(27,28)13-8(16(19,20)21)3-4-22-14(13)31-6-9(17)18/h3-5,9H,6-7H2,1-2H3. The molecule has 0 radical (unpaired) electrons. The molecule has 0 aromatic carbocycles. The third-order valence-electron chi connectivity index (χ3n) is 3.87. The van der Waals surface area contributed by atoms with Gasteiger partial charge in [-0.2, -0.15) is 27.7 Å². The fourth-order valence-electron chi connectivity index (χ4n) is 2.61. The molecule has 0 bridgehead atoms. The number of rotatable bonds is 8. The molecule has 0 fully saturated rings. The number of halogens is 5. The first-order valence-electron chi connectivity index (χ1n) is 8.51. The van der Waals surface area contributed by atoms with Crippen LogP contribution in [0.2, 0.25) is 0 Å². The molecule has 3 aromatic heterocycles. The van der Waals surface area contributed by atoms with Gasteiger partial charge in [0.25, 0.3) is 12.2 Å². The third kappa shape index (κ3) is 4.79. The molecule has 3 aromatic rings. The number of alkyl halides is 5. The zero-order valence-electron chi connectivity index (χ0n) is 16.3. The van der Waals surface area contributed by atoms with Crippen molar-refractivity contribution in [3.63, 3.8) is 0 Å². The Morgan fingerprint density at radius 3 is 2.47 bits per heavy atom. The van der Waals surface area contributed by atoms with Crippen molar-refractivity contribution in [2.24, 2.45) is 0 Å². The van der Waals surface area contributed by atoms with Gasteiger partial charge in [-0.15, -0.1) is 5.10 Å². The van der Waals surface area contributed by atoms with Crippen LogP contribution in [0.4, 0.5) is 22.0 Å². The fourth-order valence-corrected chi connectivity index (χ4v) is 4.12. The van der Waals surface area contributed by atoms with E-state index in [2.05, 4.69) is 24.8 Å². The molecule has 32 heavy (non-hydrogen) atoms. The average molecular weight is 483 g/mol. The highest BCUT2D eigenvalue weighted by Crippen LogP contribution is 2.39. The van der Waals surface area contributed by atoms with Crippen molar-refractivity contribution >= 4 is 15.6 Å². The molecule has 0 amide bonds. The quantitative estimate of drug-likeness (QED) is 0.444. The smallest absolute Gasteiger partial charge is 0.417 e. The van der Waals surface area contributed by atoms with E-state index in [-0.39, 0.29) is 17.5 Å². The maximum Gasteiger partial charge on any atom is 0.417 e. The SMILES string of the molecule is COc1cc(OC)n2nc(CS(=O)(=O)c3c(C(F)(F)F)ccnc3OCC(F)F)nc2n1. The van der Waals surface area contributed by atoms with Gasteiger partial charge in [-0.05, 0) is 6.07 Å². The van der Waals surface area contributed by atoms with Crippen molar-refractivity contribution in [1.82, 2.24) is 24.6 Å². The van der Waals surface area contributed by atoms with Gasteiger partial charge in [0, 0.05) is 6.20 Å². The first-order valence-corrected chi connectivity index (χ1v) is 10.2. The second-order valence-corrected chi connectivity index (χ2v) is 7.96. The van der Waals surface area contributed by atoms with E-state index in [4.69, 9.17) is 9.47 Å². The summed E-state index contributed by atoms with van der Waals surface area (Å²) in [7, 11) is -2.29. The van der Waals surface area contributed by atoms with Gasteiger partial charge >= 0.3 is 6.18 Å². The Hall–Kier alpha value is -3.30. The van der Waals surface area contributed by atoms with Crippen LogP contribution in [0.15, 0.2) is 23.2 Å². The summed E-state index contributed by atoms with van der Waals surface area (Å²) < 4.78 is 107. The number of sulfone groups is 1. The topological polar surface area (TPSA) is 118 Å². The molecule has 0 aliphatic rings. The third-order valence-corrected chi connectivity index (χ3v) is 5.53. The van der Waals surface area contributed by atoms with E-state index in [0.29, 0.717) is 12.3 Å². The van der Waals surface area contributed by atoms with Crippen LogP contribution in [0.5, 0.6) is 17.6 Å². The summed E-state index contributed by atoms with van der Waals surface area (Å²) in [5, 5.41) is 3.89. The first-order chi connectivity index (χ1) is 15.0. The van der Waals surface area contributed by atoms with E-state index in [0.717, 1.165) is 4.52 Å². The maximum absolute atomic E-state index is 13.5. The normalized spacial score (nSPS) is 12.4. The van der Waals surface area contributed by atoms with Gasteiger partial charge in [0.1, 0.15) is 10.6 Å². The largest absolute Gasteiger partial charge is 0.481 e. The molecular formula is C16H14F5N5O5S. The second kappa shape index (κ2) is 8.68. The van der Waals surface area contributed by atoms with Crippen LogP contribution in [0, 0.1) is 0 Å². The fraction of sp³-hybridized carbons (Fsp3) is 0.375. The lowest BCUT2D eigenvalue weighted by Crippen LogP contribution is -2.19. The molecule has 0 aliphatic heterocycles. The molecule has 0 unspecified atom stereocenters. The Morgan fingerprint density at radius 1 is 1.16 bits per heavy atom. The number of ether oxygens (including phenoxy) is 3. The van der Waals surface area contributed by atoms with E-state index in [1.54, 1.807) is 0 Å². The van der Waals surface area contributed by atoms with Gasteiger partial charge in [-0.3, -0.25) is 0 Å². The highest BCUT2D eigenvalue weighted by atomic mass is 32.2. The van der Waals surface area contributed by atoms with Crippen LogP contribution in [-0.4, -0.2) is 60.2 Å². The van der Waals surface area contributed by atoms with Crippen LogP contribution >= 0.6 is 0 Å². The van der Waals surface area contributed by atoms with Crippen LogP contribution in [0.1, 0.15) is 11.4 Å². The molecule has 0 saturated carbocycles. The van der Waals surface area contributed by atoms with Crippen molar-refractivity contribution in [2.75, 3.05) is 20.8 Å². The Labute approximate surface area is 176 Å². The van der Waals surface area contributed by atoms with E-state index in [1.165, 1.54) is 20.3 Å². The predicted molar refractivity (Wildman–Crippen MR) is 95.5 cm³/mol. The molecule has 3 rings (SSSR count). The summed E-state index contributed by atoms with van der Waals surface area (Å²) in [6.07, 6.45) is -7.61. The van der Waals surface area contributed by atoms with Gasteiger partial charge in [0.2, 0.25) is 17.6 Å².